The zero-order valence-electron chi connectivity index (χ0n) is 22.7. The van der Waals surface area contributed by atoms with E-state index in [4.69, 9.17) is 18.9 Å². The number of carbonyl (C=O) groups excluding carboxylic acids is 1. The Labute approximate surface area is 225 Å². The largest absolute Gasteiger partial charge is 0.497 e. The van der Waals surface area contributed by atoms with E-state index in [0.717, 1.165) is 78.3 Å². The minimum absolute atomic E-state index is 0.118. The van der Waals surface area contributed by atoms with E-state index in [-0.39, 0.29) is 5.91 Å². The molecule has 6 heteroatoms. The lowest BCUT2D eigenvalue weighted by molar-refractivity contribution is -0.124. The van der Waals surface area contributed by atoms with Gasteiger partial charge in [-0.2, -0.15) is 0 Å². The first kappa shape index (κ1) is 27.3. The van der Waals surface area contributed by atoms with Gasteiger partial charge in [0.2, 0.25) is 5.91 Å². The molecule has 0 bridgehead atoms. The molecule has 200 valence electrons. The molecular weight excluding hydrogens is 478 g/mol. The summed E-state index contributed by atoms with van der Waals surface area (Å²) in [6, 6.07) is 22.3. The highest BCUT2D eigenvalue weighted by molar-refractivity contribution is 5.89. The summed E-state index contributed by atoms with van der Waals surface area (Å²) in [6.45, 7) is 1.52. The minimum atomic E-state index is -0.845. The number of benzene rings is 3. The van der Waals surface area contributed by atoms with Gasteiger partial charge in [0.15, 0.2) is 0 Å². The van der Waals surface area contributed by atoms with Crippen molar-refractivity contribution in [1.29, 1.82) is 0 Å². The maximum absolute atomic E-state index is 11.8. The minimum Gasteiger partial charge on any atom is -0.497 e. The lowest BCUT2D eigenvalue weighted by Gasteiger charge is -2.35. The smallest absolute Gasteiger partial charge is 0.246 e. The van der Waals surface area contributed by atoms with E-state index < -0.39 is 5.60 Å². The van der Waals surface area contributed by atoms with Crippen LogP contribution in [0.4, 0.5) is 0 Å². The number of carbonyl (C=O) groups is 1. The quantitative estimate of drug-likeness (QED) is 0.214. The molecule has 1 heterocycles. The molecule has 0 unspecified atom stereocenters. The predicted molar refractivity (Wildman–Crippen MR) is 149 cm³/mol. The topological polar surface area (TPSA) is 57.2 Å². The normalized spacial score (nSPS) is 13.2. The molecule has 0 fully saturated rings. The number of ether oxygens (including phenoxy) is 4. The van der Waals surface area contributed by atoms with E-state index >= 15 is 0 Å². The van der Waals surface area contributed by atoms with Gasteiger partial charge in [-0.15, -0.1) is 0 Å². The van der Waals surface area contributed by atoms with Crippen molar-refractivity contribution >= 4 is 5.91 Å². The van der Waals surface area contributed by atoms with Crippen LogP contribution in [0.3, 0.4) is 0 Å². The molecule has 6 nitrogen and oxygen atoms in total. The van der Waals surface area contributed by atoms with Crippen LogP contribution in [-0.4, -0.2) is 52.3 Å². The lowest BCUT2D eigenvalue weighted by atomic mass is 9.79. The number of methoxy groups -OCH3 is 4. The Morgan fingerprint density at radius 2 is 1.34 bits per heavy atom. The SMILES string of the molecule is COc1ccc(C(OC)(c2ccc(OC)cc2)c2ccc(OC)c(CCCCCN3CC=CC3=O)c2)cc1. The summed E-state index contributed by atoms with van der Waals surface area (Å²) >= 11 is 0. The van der Waals surface area contributed by atoms with Crippen molar-refractivity contribution in [3.63, 3.8) is 0 Å². The van der Waals surface area contributed by atoms with Crippen LogP contribution in [-0.2, 0) is 21.6 Å². The number of nitrogens with zero attached hydrogens (tertiary/aromatic N) is 1. The standard InChI is InChI=1S/C32H37NO5/c1-35-28-16-11-25(12-17-28)32(38-4,26-13-18-29(36-2)19-14-26)27-15-20-30(37-3)24(23-27)9-6-5-7-21-33-22-8-10-31(33)34/h8,10-20,23H,5-7,9,21-22H2,1-4H3. The van der Waals surface area contributed by atoms with Gasteiger partial charge in [-0.3, -0.25) is 4.79 Å². The number of amides is 1. The first-order valence-electron chi connectivity index (χ1n) is 13.0. The van der Waals surface area contributed by atoms with Crippen LogP contribution in [0.15, 0.2) is 78.9 Å². The summed E-state index contributed by atoms with van der Waals surface area (Å²) in [6.07, 6.45) is 7.46. The van der Waals surface area contributed by atoms with Crippen LogP contribution >= 0.6 is 0 Å². The third-order valence-corrected chi connectivity index (χ3v) is 7.26. The fourth-order valence-electron chi connectivity index (χ4n) is 5.17. The molecule has 1 aliphatic rings. The van der Waals surface area contributed by atoms with E-state index in [2.05, 4.69) is 12.1 Å². The highest BCUT2D eigenvalue weighted by Crippen LogP contribution is 2.42. The van der Waals surface area contributed by atoms with Gasteiger partial charge in [-0.05, 0) is 77.9 Å². The Hall–Kier alpha value is -3.77. The van der Waals surface area contributed by atoms with E-state index in [9.17, 15) is 4.79 Å². The predicted octanol–water partition coefficient (Wildman–Crippen LogP) is 5.76. The van der Waals surface area contributed by atoms with Gasteiger partial charge in [0.1, 0.15) is 22.8 Å². The molecule has 0 radical (unpaired) electrons. The summed E-state index contributed by atoms with van der Waals surface area (Å²) in [5.41, 5.74) is 3.28. The lowest BCUT2D eigenvalue weighted by Crippen LogP contribution is -2.31. The van der Waals surface area contributed by atoms with Gasteiger partial charge in [-0.25, -0.2) is 0 Å². The molecule has 0 saturated carbocycles. The van der Waals surface area contributed by atoms with Crippen molar-refractivity contribution in [3.8, 4) is 17.2 Å². The van der Waals surface area contributed by atoms with Crippen LogP contribution in [0.5, 0.6) is 17.2 Å². The van der Waals surface area contributed by atoms with Crippen molar-refractivity contribution in [2.45, 2.75) is 31.3 Å². The molecule has 3 aromatic carbocycles. The zero-order chi connectivity index (χ0) is 27.0. The van der Waals surface area contributed by atoms with E-state index in [0.29, 0.717) is 0 Å². The van der Waals surface area contributed by atoms with E-state index in [1.54, 1.807) is 34.5 Å². The van der Waals surface area contributed by atoms with Gasteiger partial charge in [-0.1, -0.05) is 42.8 Å². The highest BCUT2D eigenvalue weighted by atomic mass is 16.5. The van der Waals surface area contributed by atoms with Gasteiger partial charge < -0.3 is 23.8 Å². The summed E-state index contributed by atoms with van der Waals surface area (Å²) in [4.78, 5) is 13.7. The molecular formula is C32H37NO5. The van der Waals surface area contributed by atoms with Crippen molar-refractivity contribution in [3.05, 3.63) is 101 Å². The molecule has 0 aliphatic carbocycles. The monoisotopic (exact) mass is 515 g/mol. The van der Waals surface area contributed by atoms with Gasteiger partial charge in [0.25, 0.3) is 0 Å². The molecule has 38 heavy (non-hydrogen) atoms. The van der Waals surface area contributed by atoms with Crippen LogP contribution in [0.1, 0.15) is 41.5 Å². The van der Waals surface area contributed by atoms with Gasteiger partial charge in [0.05, 0.1) is 21.3 Å². The van der Waals surface area contributed by atoms with Crippen LogP contribution in [0.2, 0.25) is 0 Å². The third-order valence-electron chi connectivity index (χ3n) is 7.26. The molecule has 0 N–H and O–H groups in total. The Bertz CT molecular complexity index is 1190. The highest BCUT2D eigenvalue weighted by Gasteiger charge is 2.37. The van der Waals surface area contributed by atoms with Crippen LogP contribution < -0.4 is 14.2 Å². The summed E-state index contributed by atoms with van der Waals surface area (Å²) in [5, 5.41) is 0. The average molecular weight is 516 g/mol. The first-order chi connectivity index (χ1) is 18.5. The second-order valence-corrected chi connectivity index (χ2v) is 9.37. The van der Waals surface area contributed by atoms with E-state index in [1.165, 1.54) is 0 Å². The fourth-order valence-corrected chi connectivity index (χ4v) is 5.17. The van der Waals surface area contributed by atoms with Crippen molar-refractivity contribution in [1.82, 2.24) is 4.90 Å². The average Bonchev–Trinajstić information content (AvgIpc) is 3.38. The second kappa shape index (κ2) is 12.7. The number of hydrogen-bond acceptors (Lipinski definition) is 5. The summed E-state index contributed by atoms with van der Waals surface area (Å²) < 4.78 is 23.0. The first-order valence-corrected chi connectivity index (χ1v) is 13.0. The number of aryl methyl sites for hydroxylation is 1. The molecule has 0 saturated heterocycles. The molecule has 3 aromatic rings. The molecule has 1 amide bonds. The summed E-state index contributed by atoms with van der Waals surface area (Å²) in [7, 11) is 6.78. The molecule has 0 aromatic heterocycles. The Morgan fingerprint density at radius 1 is 0.737 bits per heavy atom. The molecule has 0 atom stereocenters. The molecule has 1 aliphatic heterocycles. The molecule has 0 spiro atoms. The van der Waals surface area contributed by atoms with Crippen LogP contribution in [0, 0.1) is 0 Å². The van der Waals surface area contributed by atoms with Gasteiger partial charge >= 0.3 is 0 Å². The van der Waals surface area contributed by atoms with Crippen molar-refractivity contribution in [2.24, 2.45) is 0 Å². The molecule has 4 rings (SSSR count). The van der Waals surface area contributed by atoms with Crippen molar-refractivity contribution in [2.75, 3.05) is 41.5 Å². The Balaban J connectivity index is 1.64. The van der Waals surface area contributed by atoms with Crippen molar-refractivity contribution < 1.29 is 23.7 Å². The van der Waals surface area contributed by atoms with E-state index in [1.807, 2.05) is 65.6 Å². The Morgan fingerprint density at radius 3 is 1.84 bits per heavy atom. The number of rotatable bonds is 13. The van der Waals surface area contributed by atoms with Crippen LogP contribution in [0.25, 0.3) is 0 Å². The maximum atomic E-state index is 11.8. The zero-order valence-corrected chi connectivity index (χ0v) is 22.7. The summed E-state index contributed by atoms with van der Waals surface area (Å²) in [5.74, 6) is 2.56. The second-order valence-electron chi connectivity index (χ2n) is 9.37. The fraction of sp³-hybridized carbons (Fsp3) is 0.344. The number of unbranched alkanes of at least 4 members (excludes halogenated alkanes) is 2. The number of hydrogen-bond donors (Lipinski definition) is 0. The Kier molecular flexibility index (Phi) is 9.08. The van der Waals surface area contributed by atoms with Gasteiger partial charge in [0, 0.05) is 26.3 Å². The third kappa shape index (κ3) is 5.70. The maximum Gasteiger partial charge on any atom is 0.246 e.